The van der Waals surface area contributed by atoms with Gasteiger partial charge in [-0.2, -0.15) is 5.26 Å². The molecule has 33 heavy (non-hydrogen) atoms. The van der Waals surface area contributed by atoms with Gasteiger partial charge in [-0.15, -0.1) is 0 Å². The first-order valence-corrected chi connectivity index (χ1v) is 11.7. The third-order valence-electron chi connectivity index (χ3n) is 6.20. The molecule has 0 radical (unpaired) electrons. The predicted molar refractivity (Wildman–Crippen MR) is 131 cm³/mol. The minimum absolute atomic E-state index is 0.0701. The van der Waals surface area contributed by atoms with E-state index in [0.717, 1.165) is 33.4 Å². The molecule has 1 aliphatic carbocycles. The highest BCUT2D eigenvalue weighted by Gasteiger charge is 2.42. The zero-order chi connectivity index (χ0) is 23.8. The molecule has 1 N–H and O–H groups in total. The third-order valence-corrected chi connectivity index (χ3v) is 6.73. The predicted octanol–water partition coefficient (Wildman–Crippen LogP) is 6.16. The van der Waals surface area contributed by atoms with Crippen LogP contribution in [0.5, 0.6) is 11.5 Å². The molecule has 2 aromatic carbocycles. The molecule has 5 nitrogen and oxygen atoms in total. The fraction of sp³-hybridized carbons (Fsp3) is 0.333. The Kier molecular flexibility index (Phi) is 6.36. The van der Waals surface area contributed by atoms with Crippen LogP contribution in [0.2, 0.25) is 0 Å². The highest BCUT2D eigenvalue weighted by molar-refractivity contribution is 9.10. The molecule has 2 aromatic rings. The molecule has 4 rings (SSSR count). The summed E-state index contributed by atoms with van der Waals surface area (Å²) in [6, 6.07) is 15.9. The van der Waals surface area contributed by atoms with Gasteiger partial charge in [0, 0.05) is 33.4 Å². The van der Waals surface area contributed by atoms with E-state index in [1.54, 1.807) is 7.11 Å². The second-order valence-corrected chi connectivity index (χ2v) is 10.3. The van der Waals surface area contributed by atoms with Crippen LogP contribution in [0, 0.1) is 16.7 Å². The van der Waals surface area contributed by atoms with Crippen molar-refractivity contribution in [3.63, 3.8) is 0 Å². The summed E-state index contributed by atoms with van der Waals surface area (Å²) in [6.45, 7) is 6.43. The van der Waals surface area contributed by atoms with Crippen molar-refractivity contribution in [2.75, 3.05) is 7.11 Å². The van der Waals surface area contributed by atoms with Crippen molar-refractivity contribution in [1.82, 2.24) is 5.32 Å². The second-order valence-electron chi connectivity index (χ2n) is 9.34. The van der Waals surface area contributed by atoms with Crippen molar-refractivity contribution in [2.45, 2.75) is 46.1 Å². The van der Waals surface area contributed by atoms with Crippen LogP contribution >= 0.6 is 15.9 Å². The number of dihydropyridines is 1. The zero-order valence-electron chi connectivity index (χ0n) is 19.3. The lowest BCUT2D eigenvalue weighted by Crippen LogP contribution is -2.37. The fourth-order valence-electron chi connectivity index (χ4n) is 4.71. The number of benzene rings is 2. The van der Waals surface area contributed by atoms with Gasteiger partial charge in [0.05, 0.1) is 24.7 Å². The number of ether oxygens (including phenoxy) is 2. The highest BCUT2D eigenvalue weighted by Crippen LogP contribution is 2.49. The number of halogens is 1. The average molecular weight is 507 g/mol. The van der Waals surface area contributed by atoms with Gasteiger partial charge in [-0.3, -0.25) is 4.79 Å². The lowest BCUT2D eigenvalue weighted by atomic mass is 9.68. The van der Waals surface area contributed by atoms with E-state index in [1.165, 1.54) is 0 Å². The monoisotopic (exact) mass is 506 g/mol. The Bertz CT molecular complexity index is 1200. The summed E-state index contributed by atoms with van der Waals surface area (Å²) in [6.07, 6.45) is 1.19. The van der Waals surface area contributed by atoms with Crippen LogP contribution in [0.25, 0.3) is 0 Å². The number of hydrogen-bond donors (Lipinski definition) is 1. The van der Waals surface area contributed by atoms with E-state index in [2.05, 4.69) is 41.2 Å². The Morgan fingerprint density at radius 2 is 1.91 bits per heavy atom. The van der Waals surface area contributed by atoms with Crippen molar-refractivity contribution >= 4 is 21.7 Å². The largest absolute Gasteiger partial charge is 0.493 e. The Labute approximate surface area is 203 Å². The Balaban J connectivity index is 1.82. The number of nitrogens with one attached hydrogen (secondary N) is 1. The van der Waals surface area contributed by atoms with Gasteiger partial charge < -0.3 is 14.8 Å². The highest BCUT2D eigenvalue weighted by atomic mass is 79.9. The first kappa shape index (κ1) is 23.1. The normalized spacial score (nSPS) is 19.5. The first-order chi connectivity index (χ1) is 15.7. The summed E-state index contributed by atoms with van der Waals surface area (Å²) in [4.78, 5) is 13.4. The maximum Gasteiger partial charge on any atom is 0.165 e. The Morgan fingerprint density at radius 1 is 1.18 bits per heavy atom. The summed E-state index contributed by atoms with van der Waals surface area (Å²) in [5, 5.41) is 13.4. The average Bonchev–Trinajstić information content (AvgIpc) is 2.76. The molecule has 0 aromatic heterocycles. The molecule has 1 atom stereocenters. The molecular weight excluding hydrogens is 480 g/mol. The maximum absolute atomic E-state index is 13.4. The summed E-state index contributed by atoms with van der Waals surface area (Å²) < 4.78 is 12.9. The van der Waals surface area contributed by atoms with E-state index < -0.39 is 5.92 Å². The molecule has 1 aliphatic heterocycles. The quantitative estimate of drug-likeness (QED) is 0.525. The molecule has 0 saturated heterocycles. The number of Topliss-reactive ketones (excluding diaryl/α,β-unsaturated/α-hetero) is 1. The van der Waals surface area contributed by atoms with Crippen LogP contribution in [0.4, 0.5) is 0 Å². The van der Waals surface area contributed by atoms with E-state index in [4.69, 9.17) is 9.47 Å². The second kappa shape index (κ2) is 9.07. The third kappa shape index (κ3) is 4.56. The maximum atomic E-state index is 13.4. The van der Waals surface area contributed by atoms with Gasteiger partial charge in [-0.1, -0.05) is 54.0 Å². The van der Waals surface area contributed by atoms with Gasteiger partial charge in [0.2, 0.25) is 0 Å². The topological polar surface area (TPSA) is 71.3 Å². The van der Waals surface area contributed by atoms with Crippen molar-refractivity contribution in [1.29, 1.82) is 5.26 Å². The van der Waals surface area contributed by atoms with Crippen molar-refractivity contribution in [3.05, 3.63) is 80.6 Å². The Morgan fingerprint density at radius 3 is 2.58 bits per heavy atom. The van der Waals surface area contributed by atoms with Crippen molar-refractivity contribution in [2.24, 2.45) is 5.41 Å². The van der Waals surface area contributed by atoms with E-state index >= 15 is 0 Å². The van der Waals surface area contributed by atoms with Crippen molar-refractivity contribution < 1.29 is 14.3 Å². The van der Waals surface area contributed by atoms with Crippen LogP contribution in [0.3, 0.4) is 0 Å². The van der Waals surface area contributed by atoms with Crippen LogP contribution in [0.15, 0.2) is 69.5 Å². The van der Waals surface area contributed by atoms with Crippen LogP contribution in [0.1, 0.15) is 50.7 Å². The zero-order valence-corrected chi connectivity index (χ0v) is 20.9. The number of nitriles is 1. The molecule has 6 heteroatoms. The minimum Gasteiger partial charge on any atom is -0.493 e. The Hall–Kier alpha value is -3.04. The van der Waals surface area contributed by atoms with Gasteiger partial charge in [0.1, 0.15) is 6.61 Å². The smallest absolute Gasteiger partial charge is 0.165 e. The molecule has 0 saturated carbocycles. The van der Waals surface area contributed by atoms with Gasteiger partial charge in [-0.05, 0) is 42.5 Å². The summed E-state index contributed by atoms with van der Waals surface area (Å²) in [5.41, 5.74) is 4.51. The van der Waals surface area contributed by atoms with E-state index in [-0.39, 0.29) is 11.2 Å². The summed E-state index contributed by atoms with van der Waals surface area (Å²) in [5.74, 6) is 0.703. The molecule has 1 heterocycles. The molecule has 0 amide bonds. The SMILES string of the molecule is COc1cccc([C@H]2C(C#N)=C(C)NC3=C2C(=O)CC(C)(C)C3)c1OCc1ccc(Br)cc1. The summed E-state index contributed by atoms with van der Waals surface area (Å²) in [7, 11) is 1.60. The van der Waals surface area contributed by atoms with E-state index in [9.17, 15) is 10.1 Å². The standard InChI is InChI=1S/C27H27BrN2O3/c1-16-20(14-29)24(25-21(30-16)12-27(2,3)13-22(25)31)19-6-5-7-23(32-4)26(19)33-15-17-8-10-18(28)11-9-17/h5-11,24,30H,12-13,15H2,1-4H3/t24-/m0/s1. The van der Waals surface area contributed by atoms with Crippen molar-refractivity contribution in [3.8, 4) is 17.6 Å². The molecule has 2 aliphatic rings. The van der Waals surface area contributed by atoms with Gasteiger partial charge in [0.25, 0.3) is 0 Å². The molecule has 0 spiro atoms. The molecule has 0 bridgehead atoms. The van der Waals surface area contributed by atoms with Crippen LogP contribution in [-0.4, -0.2) is 12.9 Å². The number of carbonyl (C=O) groups excluding carboxylic acids is 1. The number of hydrogen-bond acceptors (Lipinski definition) is 5. The van der Waals surface area contributed by atoms with Crippen LogP contribution in [-0.2, 0) is 11.4 Å². The van der Waals surface area contributed by atoms with Gasteiger partial charge in [-0.25, -0.2) is 0 Å². The fourth-order valence-corrected chi connectivity index (χ4v) is 4.97. The van der Waals surface area contributed by atoms with E-state index in [0.29, 0.717) is 35.7 Å². The number of para-hydroxylation sites is 1. The van der Waals surface area contributed by atoms with Crippen LogP contribution < -0.4 is 14.8 Å². The molecular formula is C27H27BrN2O3. The number of carbonyl (C=O) groups is 1. The lowest BCUT2D eigenvalue weighted by molar-refractivity contribution is -0.118. The van der Waals surface area contributed by atoms with Gasteiger partial charge >= 0.3 is 0 Å². The lowest BCUT2D eigenvalue weighted by Gasteiger charge is -2.39. The first-order valence-electron chi connectivity index (χ1n) is 10.9. The minimum atomic E-state index is -0.495. The number of ketones is 1. The molecule has 170 valence electrons. The van der Waals surface area contributed by atoms with E-state index in [1.807, 2.05) is 49.4 Å². The number of allylic oxidation sites excluding steroid dienone is 4. The summed E-state index contributed by atoms with van der Waals surface area (Å²) >= 11 is 3.45. The van der Waals surface area contributed by atoms with Gasteiger partial charge in [0.15, 0.2) is 17.3 Å². The molecule has 0 fully saturated rings. The number of methoxy groups -OCH3 is 1. The number of rotatable bonds is 5. The number of nitrogens with zero attached hydrogens (tertiary/aromatic N) is 1. The molecule has 0 unspecified atom stereocenters.